The van der Waals surface area contributed by atoms with E-state index in [1.165, 1.54) is 42.7 Å². The minimum Gasteiger partial charge on any atom is -0.303 e. The maximum absolute atomic E-state index is 4.62. The third-order valence-corrected chi connectivity index (χ3v) is 4.20. The molecule has 0 radical (unpaired) electrons. The first kappa shape index (κ1) is 11.7. The van der Waals surface area contributed by atoms with Crippen molar-refractivity contribution in [1.29, 1.82) is 0 Å². The van der Waals surface area contributed by atoms with Gasteiger partial charge in [0.2, 0.25) is 0 Å². The van der Waals surface area contributed by atoms with E-state index >= 15 is 0 Å². The highest BCUT2D eigenvalue weighted by Gasteiger charge is 2.20. The van der Waals surface area contributed by atoms with Crippen LogP contribution in [0.15, 0.2) is 24.5 Å². The van der Waals surface area contributed by atoms with Gasteiger partial charge in [-0.15, -0.1) is 0 Å². The molecule has 3 heterocycles. The number of piperidine rings is 1. The summed E-state index contributed by atoms with van der Waals surface area (Å²) < 4.78 is 2.25. The van der Waals surface area contributed by atoms with Gasteiger partial charge in [0.15, 0.2) is 0 Å². The minimum absolute atomic E-state index is 0.657. The normalized spacial score (nSPS) is 21.6. The number of rotatable bonds is 2. The van der Waals surface area contributed by atoms with E-state index in [2.05, 4.69) is 46.6 Å². The van der Waals surface area contributed by atoms with Crippen molar-refractivity contribution in [2.45, 2.75) is 38.6 Å². The van der Waals surface area contributed by atoms with Crippen molar-refractivity contribution in [2.24, 2.45) is 0 Å². The van der Waals surface area contributed by atoms with Crippen molar-refractivity contribution in [1.82, 2.24) is 14.3 Å². The molecule has 2 aromatic rings. The molecule has 0 aromatic carbocycles. The number of hydrogen-bond acceptors (Lipinski definition) is 2. The van der Waals surface area contributed by atoms with Gasteiger partial charge in [0, 0.05) is 18.7 Å². The molecule has 0 saturated carbocycles. The van der Waals surface area contributed by atoms with E-state index in [0.717, 1.165) is 6.42 Å². The van der Waals surface area contributed by atoms with Gasteiger partial charge >= 0.3 is 0 Å². The number of likely N-dealkylation sites (N-methyl/N-ethyl adjacent to an activating group) is 1. The Morgan fingerprint density at radius 3 is 3.11 bits per heavy atom. The second kappa shape index (κ2) is 4.73. The van der Waals surface area contributed by atoms with Gasteiger partial charge in [-0.3, -0.25) is 0 Å². The maximum Gasteiger partial charge on any atom is 0.114 e. The second-order valence-electron chi connectivity index (χ2n) is 5.46. The van der Waals surface area contributed by atoms with E-state index in [9.17, 15) is 0 Å². The third kappa shape index (κ3) is 2.03. The predicted octanol–water partition coefficient (Wildman–Crippen LogP) is 2.67. The molecule has 18 heavy (non-hydrogen) atoms. The van der Waals surface area contributed by atoms with Gasteiger partial charge in [0.05, 0.1) is 11.7 Å². The van der Waals surface area contributed by atoms with Gasteiger partial charge < -0.3 is 9.30 Å². The third-order valence-electron chi connectivity index (χ3n) is 4.20. The van der Waals surface area contributed by atoms with Crippen LogP contribution in [-0.2, 0) is 6.42 Å². The largest absolute Gasteiger partial charge is 0.303 e. The molecule has 1 unspecified atom stereocenters. The molecule has 3 rings (SSSR count). The van der Waals surface area contributed by atoms with Crippen LogP contribution in [0, 0.1) is 6.92 Å². The molecule has 0 spiro atoms. The fourth-order valence-electron chi connectivity index (χ4n) is 2.98. The lowest BCUT2D eigenvalue weighted by molar-refractivity contribution is 0.182. The molecule has 96 valence electrons. The number of fused-ring (bicyclic) bond motifs is 1. The van der Waals surface area contributed by atoms with Crippen molar-refractivity contribution in [3.8, 4) is 0 Å². The van der Waals surface area contributed by atoms with E-state index in [-0.39, 0.29) is 0 Å². The van der Waals surface area contributed by atoms with E-state index < -0.39 is 0 Å². The molecule has 2 aromatic heterocycles. The molecule has 3 nitrogen and oxygen atoms in total. The molecule has 0 amide bonds. The Morgan fingerprint density at radius 2 is 2.28 bits per heavy atom. The van der Waals surface area contributed by atoms with Crippen molar-refractivity contribution in [3.63, 3.8) is 0 Å². The quantitative estimate of drug-likeness (QED) is 0.808. The summed E-state index contributed by atoms with van der Waals surface area (Å²) >= 11 is 0. The number of aromatic nitrogens is 2. The summed E-state index contributed by atoms with van der Waals surface area (Å²) in [6, 6.07) is 4.91. The van der Waals surface area contributed by atoms with Crippen molar-refractivity contribution in [2.75, 3.05) is 13.6 Å². The van der Waals surface area contributed by atoms with Crippen LogP contribution in [0.1, 0.15) is 30.7 Å². The zero-order chi connectivity index (χ0) is 12.5. The van der Waals surface area contributed by atoms with E-state index in [0.29, 0.717) is 6.04 Å². The van der Waals surface area contributed by atoms with Gasteiger partial charge in [-0.1, -0.05) is 12.5 Å². The Balaban J connectivity index is 1.88. The van der Waals surface area contributed by atoms with Gasteiger partial charge in [0.1, 0.15) is 5.82 Å². The highest BCUT2D eigenvalue weighted by Crippen LogP contribution is 2.20. The van der Waals surface area contributed by atoms with E-state index in [1.807, 2.05) is 6.20 Å². The van der Waals surface area contributed by atoms with Crippen LogP contribution in [-0.4, -0.2) is 33.9 Å². The Bertz CT molecular complexity index is 544. The molecule has 1 atom stereocenters. The lowest BCUT2D eigenvalue weighted by Gasteiger charge is -2.32. The van der Waals surface area contributed by atoms with Crippen LogP contribution < -0.4 is 0 Å². The second-order valence-corrected chi connectivity index (χ2v) is 5.46. The number of imidazole rings is 1. The monoisotopic (exact) mass is 243 g/mol. The Morgan fingerprint density at radius 1 is 1.39 bits per heavy atom. The van der Waals surface area contributed by atoms with E-state index in [1.54, 1.807) is 0 Å². The average molecular weight is 243 g/mol. The SMILES string of the molecule is Cc1cccn2c(CC3CCCCN3C)ncc12. The fourth-order valence-corrected chi connectivity index (χ4v) is 2.98. The van der Waals surface area contributed by atoms with Crippen LogP contribution in [0.2, 0.25) is 0 Å². The van der Waals surface area contributed by atoms with Gasteiger partial charge in [-0.2, -0.15) is 0 Å². The van der Waals surface area contributed by atoms with Gasteiger partial charge in [-0.05, 0) is 45.0 Å². The Hall–Kier alpha value is -1.35. The molecule has 1 aliphatic heterocycles. The van der Waals surface area contributed by atoms with Crippen molar-refractivity contribution >= 4 is 5.52 Å². The summed E-state index contributed by atoms with van der Waals surface area (Å²) in [5, 5.41) is 0. The highest BCUT2D eigenvalue weighted by molar-refractivity contribution is 5.53. The van der Waals surface area contributed by atoms with E-state index in [4.69, 9.17) is 0 Å². The fraction of sp³-hybridized carbons (Fsp3) is 0.533. The molecular formula is C15H21N3. The van der Waals surface area contributed by atoms with Crippen molar-refractivity contribution < 1.29 is 0 Å². The first-order valence-corrected chi connectivity index (χ1v) is 6.87. The van der Waals surface area contributed by atoms with Crippen LogP contribution in [0.5, 0.6) is 0 Å². The summed E-state index contributed by atoms with van der Waals surface area (Å²) in [7, 11) is 2.24. The van der Waals surface area contributed by atoms with Crippen molar-refractivity contribution in [3.05, 3.63) is 35.9 Å². The Labute approximate surface area is 108 Å². The molecule has 1 aliphatic rings. The molecule has 1 saturated heterocycles. The molecular weight excluding hydrogens is 222 g/mol. The molecule has 1 fully saturated rings. The zero-order valence-corrected chi connectivity index (χ0v) is 11.3. The van der Waals surface area contributed by atoms with Crippen LogP contribution >= 0.6 is 0 Å². The topological polar surface area (TPSA) is 20.5 Å². The van der Waals surface area contributed by atoms with Gasteiger partial charge in [0.25, 0.3) is 0 Å². The maximum atomic E-state index is 4.62. The summed E-state index contributed by atoms with van der Waals surface area (Å²) in [4.78, 5) is 7.11. The first-order chi connectivity index (χ1) is 8.75. The summed E-state index contributed by atoms with van der Waals surface area (Å²) in [5.41, 5.74) is 2.54. The first-order valence-electron chi connectivity index (χ1n) is 6.87. The minimum atomic E-state index is 0.657. The molecule has 3 heteroatoms. The number of hydrogen-bond donors (Lipinski definition) is 0. The molecule has 0 aliphatic carbocycles. The standard InChI is InChI=1S/C15H21N3/c1-12-6-5-9-18-14(12)11-16-15(18)10-13-7-3-4-8-17(13)2/h5-6,9,11,13H,3-4,7-8,10H2,1-2H3. The summed E-state index contributed by atoms with van der Waals surface area (Å²) in [6.07, 6.45) is 9.21. The zero-order valence-electron chi connectivity index (χ0n) is 11.3. The number of pyridine rings is 1. The molecule has 0 N–H and O–H groups in total. The number of nitrogens with zero attached hydrogens (tertiary/aromatic N) is 3. The number of likely N-dealkylation sites (tertiary alicyclic amines) is 1. The van der Waals surface area contributed by atoms with Crippen LogP contribution in [0.25, 0.3) is 5.52 Å². The lowest BCUT2D eigenvalue weighted by atomic mass is 10.00. The lowest BCUT2D eigenvalue weighted by Crippen LogP contribution is -2.38. The highest BCUT2D eigenvalue weighted by atomic mass is 15.1. The summed E-state index contributed by atoms with van der Waals surface area (Å²) in [5.74, 6) is 1.20. The smallest absolute Gasteiger partial charge is 0.114 e. The number of aryl methyl sites for hydroxylation is 1. The van der Waals surface area contributed by atoms with Crippen LogP contribution in [0.3, 0.4) is 0 Å². The summed E-state index contributed by atoms with van der Waals surface area (Å²) in [6.45, 7) is 3.38. The molecule has 0 bridgehead atoms. The van der Waals surface area contributed by atoms with Gasteiger partial charge in [-0.25, -0.2) is 4.98 Å². The Kier molecular flexibility index (Phi) is 3.08. The van der Waals surface area contributed by atoms with Crippen LogP contribution in [0.4, 0.5) is 0 Å². The predicted molar refractivity (Wildman–Crippen MR) is 73.9 cm³/mol. The average Bonchev–Trinajstić information content (AvgIpc) is 2.77.